The predicted molar refractivity (Wildman–Crippen MR) is 126 cm³/mol. The second-order valence-corrected chi connectivity index (χ2v) is 8.07. The van der Waals surface area contributed by atoms with Gasteiger partial charge in [0.2, 0.25) is 5.95 Å². The van der Waals surface area contributed by atoms with Gasteiger partial charge in [-0.1, -0.05) is 54.1 Å². The number of aryl methyl sites for hydroxylation is 1. The van der Waals surface area contributed by atoms with Crippen molar-refractivity contribution in [2.24, 2.45) is 7.05 Å². The van der Waals surface area contributed by atoms with Gasteiger partial charge in [-0.3, -0.25) is 9.36 Å². The van der Waals surface area contributed by atoms with Crippen LogP contribution >= 0.6 is 0 Å². The van der Waals surface area contributed by atoms with Crippen LogP contribution in [-0.4, -0.2) is 35.7 Å². The first-order valence-electron chi connectivity index (χ1n) is 10.6. The molecule has 0 amide bonds. The predicted octanol–water partition coefficient (Wildman–Crippen LogP) is 4.16. The van der Waals surface area contributed by atoms with Crippen molar-refractivity contribution in [2.45, 2.75) is 25.8 Å². The molecule has 0 aliphatic carbocycles. The van der Waals surface area contributed by atoms with Crippen molar-refractivity contribution >= 4 is 11.6 Å². The van der Waals surface area contributed by atoms with Crippen LogP contribution in [0.1, 0.15) is 18.4 Å². The fourth-order valence-corrected chi connectivity index (χ4v) is 4.12. The minimum Gasteiger partial charge on any atom is -0.342 e. The fraction of sp³-hybridized carbons (Fsp3) is 0.320. The molecule has 1 aliphatic heterocycles. The summed E-state index contributed by atoms with van der Waals surface area (Å²) in [4.78, 5) is 24.3. The first-order chi connectivity index (χ1) is 15.0. The zero-order valence-electron chi connectivity index (χ0n) is 18.2. The summed E-state index contributed by atoms with van der Waals surface area (Å²) in [7, 11) is 3.80. The molecule has 158 valence electrons. The lowest BCUT2D eigenvalue weighted by Gasteiger charge is -2.33. The summed E-state index contributed by atoms with van der Waals surface area (Å²) in [5.74, 6) is 0.694. The van der Waals surface area contributed by atoms with Gasteiger partial charge in [-0.25, -0.2) is 9.83 Å². The summed E-state index contributed by atoms with van der Waals surface area (Å²) in [6.45, 7) is 11.0. The minimum atomic E-state index is -0.0613. The number of hydrogen-bond acceptors (Lipinski definition) is 4. The van der Waals surface area contributed by atoms with Gasteiger partial charge in [-0.15, -0.1) is 0 Å². The van der Waals surface area contributed by atoms with Crippen molar-refractivity contribution in [3.8, 4) is 22.4 Å². The number of nitrogens with one attached hydrogen (secondary N) is 1. The molecule has 0 spiro atoms. The van der Waals surface area contributed by atoms with Crippen LogP contribution in [0.15, 0.2) is 53.3 Å². The highest BCUT2D eigenvalue weighted by atomic mass is 16.1. The third-order valence-electron chi connectivity index (χ3n) is 6.06. The van der Waals surface area contributed by atoms with Crippen molar-refractivity contribution in [1.29, 1.82) is 0 Å². The van der Waals surface area contributed by atoms with E-state index in [1.165, 1.54) is 0 Å². The van der Waals surface area contributed by atoms with Crippen molar-refractivity contribution in [1.82, 2.24) is 14.9 Å². The standard InChI is InChI=1S/C25H27N5O/c1-17-5-7-18(8-6-17)22-23(19-9-11-20(26-2)12-10-19)28-25(29(4)24(22)31)30-15-13-21(27-3)14-16-30/h5-12,21,27H,13-16H2,1,3-4H3. The van der Waals surface area contributed by atoms with Crippen LogP contribution in [0.25, 0.3) is 27.2 Å². The number of aromatic nitrogens is 2. The lowest BCUT2D eigenvalue weighted by molar-refractivity contribution is 0.435. The summed E-state index contributed by atoms with van der Waals surface area (Å²) >= 11 is 0. The van der Waals surface area contributed by atoms with Crippen molar-refractivity contribution in [3.05, 3.63) is 75.9 Å². The molecule has 3 aromatic rings. The normalized spacial score (nSPS) is 14.5. The van der Waals surface area contributed by atoms with Gasteiger partial charge in [0.05, 0.1) is 17.8 Å². The Bertz CT molecular complexity index is 1160. The van der Waals surface area contributed by atoms with Gasteiger partial charge in [-0.05, 0) is 37.9 Å². The zero-order valence-corrected chi connectivity index (χ0v) is 18.2. The number of hydrogen-bond donors (Lipinski definition) is 1. The Hall–Kier alpha value is -3.43. The van der Waals surface area contributed by atoms with Crippen LogP contribution in [0.4, 0.5) is 11.6 Å². The summed E-state index contributed by atoms with van der Waals surface area (Å²) in [5, 5.41) is 3.35. The molecule has 0 bridgehead atoms. The highest BCUT2D eigenvalue weighted by Crippen LogP contribution is 2.31. The summed E-state index contributed by atoms with van der Waals surface area (Å²) in [5.41, 5.74) is 4.59. The van der Waals surface area contributed by atoms with E-state index in [0.29, 0.717) is 28.9 Å². The van der Waals surface area contributed by atoms with Gasteiger partial charge >= 0.3 is 0 Å². The SMILES string of the molecule is [C-]#[N+]c1ccc(-c2nc(N3CCC(NC)CC3)n(C)c(=O)c2-c2ccc(C)cc2)cc1. The lowest BCUT2D eigenvalue weighted by atomic mass is 9.99. The number of piperidine rings is 1. The molecule has 0 atom stereocenters. The smallest absolute Gasteiger partial charge is 0.263 e. The van der Waals surface area contributed by atoms with Crippen LogP contribution in [0.5, 0.6) is 0 Å². The highest BCUT2D eigenvalue weighted by molar-refractivity contribution is 5.81. The Balaban J connectivity index is 1.88. The quantitative estimate of drug-likeness (QED) is 0.653. The van der Waals surface area contributed by atoms with Crippen LogP contribution in [0.3, 0.4) is 0 Å². The van der Waals surface area contributed by atoms with Gasteiger partial charge in [0.1, 0.15) is 0 Å². The molecule has 1 saturated heterocycles. The van der Waals surface area contributed by atoms with E-state index >= 15 is 0 Å². The van der Waals surface area contributed by atoms with Crippen molar-refractivity contribution < 1.29 is 0 Å². The molecule has 1 aromatic heterocycles. The van der Waals surface area contributed by atoms with E-state index in [0.717, 1.165) is 42.6 Å². The maximum atomic E-state index is 13.6. The molecule has 31 heavy (non-hydrogen) atoms. The van der Waals surface area contributed by atoms with Gasteiger partial charge in [0, 0.05) is 26.2 Å². The molecule has 6 heteroatoms. The van der Waals surface area contributed by atoms with Crippen LogP contribution in [-0.2, 0) is 7.05 Å². The first kappa shape index (κ1) is 20.8. The molecule has 4 rings (SSSR count). The van der Waals surface area contributed by atoms with Crippen molar-refractivity contribution in [3.63, 3.8) is 0 Å². The first-order valence-corrected chi connectivity index (χ1v) is 10.6. The lowest BCUT2D eigenvalue weighted by Crippen LogP contribution is -2.43. The molecule has 0 unspecified atom stereocenters. The van der Waals surface area contributed by atoms with E-state index in [4.69, 9.17) is 11.6 Å². The van der Waals surface area contributed by atoms with Crippen LogP contribution < -0.4 is 15.8 Å². The molecule has 2 aromatic carbocycles. The summed E-state index contributed by atoms with van der Waals surface area (Å²) < 4.78 is 1.67. The molecule has 0 saturated carbocycles. The number of rotatable bonds is 4. The van der Waals surface area contributed by atoms with Crippen LogP contribution in [0.2, 0.25) is 0 Å². The number of anilines is 1. The van der Waals surface area contributed by atoms with E-state index < -0.39 is 0 Å². The van der Waals surface area contributed by atoms with E-state index in [9.17, 15) is 4.79 Å². The van der Waals surface area contributed by atoms with E-state index in [1.807, 2.05) is 50.4 Å². The highest BCUT2D eigenvalue weighted by Gasteiger charge is 2.24. The molecule has 1 aliphatic rings. The minimum absolute atomic E-state index is 0.0613. The third-order valence-corrected chi connectivity index (χ3v) is 6.06. The van der Waals surface area contributed by atoms with Gasteiger partial charge < -0.3 is 10.2 Å². The van der Waals surface area contributed by atoms with Crippen LogP contribution in [0, 0.1) is 13.5 Å². The Morgan fingerprint density at radius 3 is 2.23 bits per heavy atom. The molecule has 6 nitrogen and oxygen atoms in total. The molecule has 1 N–H and O–H groups in total. The Kier molecular flexibility index (Phi) is 5.88. The topological polar surface area (TPSA) is 54.5 Å². The van der Waals surface area contributed by atoms with Gasteiger partial charge in [0.15, 0.2) is 5.69 Å². The monoisotopic (exact) mass is 413 g/mol. The number of nitrogens with zero attached hydrogens (tertiary/aromatic N) is 4. The van der Waals surface area contributed by atoms with Crippen molar-refractivity contribution in [2.75, 3.05) is 25.0 Å². The zero-order chi connectivity index (χ0) is 22.0. The Morgan fingerprint density at radius 1 is 1.03 bits per heavy atom. The summed E-state index contributed by atoms with van der Waals surface area (Å²) in [6, 6.07) is 15.8. The summed E-state index contributed by atoms with van der Waals surface area (Å²) in [6.07, 6.45) is 2.03. The molecule has 2 heterocycles. The second-order valence-electron chi connectivity index (χ2n) is 8.07. The van der Waals surface area contributed by atoms with E-state index in [1.54, 1.807) is 23.7 Å². The molecule has 1 fully saturated rings. The third kappa shape index (κ3) is 4.10. The van der Waals surface area contributed by atoms with Gasteiger partial charge in [0.25, 0.3) is 5.56 Å². The van der Waals surface area contributed by atoms with E-state index in [-0.39, 0.29) is 5.56 Å². The second kappa shape index (κ2) is 8.75. The van der Waals surface area contributed by atoms with E-state index in [2.05, 4.69) is 15.1 Å². The molecular formula is C25H27N5O. The fourth-order valence-electron chi connectivity index (χ4n) is 4.12. The Labute approximate surface area is 183 Å². The molecule has 0 radical (unpaired) electrons. The maximum absolute atomic E-state index is 13.6. The number of benzene rings is 2. The maximum Gasteiger partial charge on any atom is 0.263 e. The Morgan fingerprint density at radius 2 is 1.65 bits per heavy atom. The average Bonchev–Trinajstić information content (AvgIpc) is 2.81. The largest absolute Gasteiger partial charge is 0.342 e. The molecular weight excluding hydrogens is 386 g/mol. The average molecular weight is 414 g/mol. The van der Waals surface area contributed by atoms with Gasteiger partial charge in [-0.2, -0.15) is 0 Å².